The Bertz CT molecular complexity index is 360. The van der Waals surface area contributed by atoms with Crippen LogP contribution in [0.5, 0.6) is 0 Å². The van der Waals surface area contributed by atoms with Crippen LogP contribution < -0.4 is 11.1 Å². The highest BCUT2D eigenvalue weighted by Crippen LogP contribution is 2.19. The predicted molar refractivity (Wildman–Crippen MR) is 64.4 cm³/mol. The fourth-order valence-electron chi connectivity index (χ4n) is 1.47. The van der Waals surface area contributed by atoms with Crippen molar-refractivity contribution in [3.8, 4) is 0 Å². The number of rotatable bonds is 6. The van der Waals surface area contributed by atoms with E-state index in [1.807, 2.05) is 5.38 Å². The van der Waals surface area contributed by atoms with Crippen LogP contribution in [0.2, 0.25) is 0 Å². The molecule has 16 heavy (non-hydrogen) atoms. The second-order valence-electron chi connectivity index (χ2n) is 4.11. The lowest BCUT2D eigenvalue weighted by Crippen LogP contribution is -2.25. The third-order valence-corrected chi connectivity index (χ3v) is 3.47. The number of carbonyl (C=O) groups is 1. The molecule has 1 amide bonds. The van der Waals surface area contributed by atoms with Gasteiger partial charge in [-0.25, -0.2) is 4.98 Å². The van der Waals surface area contributed by atoms with Crippen molar-refractivity contribution in [3.05, 3.63) is 16.1 Å². The van der Waals surface area contributed by atoms with E-state index >= 15 is 0 Å². The topological polar surface area (TPSA) is 68.0 Å². The highest BCUT2D eigenvalue weighted by atomic mass is 32.1. The number of amides is 1. The van der Waals surface area contributed by atoms with Crippen LogP contribution in [0.25, 0.3) is 0 Å². The van der Waals surface area contributed by atoms with E-state index in [-0.39, 0.29) is 5.91 Å². The second kappa shape index (κ2) is 5.41. The van der Waals surface area contributed by atoms with Gasteiger partial charge in [-0.1, -0.05) is 0 Å². The van der Waals surface area contributed by atoms with Crippen LogP contribution in [-0.2, 0) is 17.6 Å². The number of nitrogens with zero attached hydrogens (tertiary/aromatic N) is 1. The van der Waals surface area contributed by atoms with E-state index in [0.717, 1.165) is 36.4 Å². The molecule has 0 aromatic carbocycles. The summed E-state index contributed by atoms with van der Waals surface area (Å²) < 4.78 is 0. The minimum Gasteiger partial charge on any atom is -0.353 e. The molecule has 4 nitrogen and oxygen atoms in total. The van der Waals surface area contributed by atoms with Crippen LogP contribution in [0.3, 0.4) is 0 Å². The quantitative estimate of drug-likeness (QED) is 0.773. The number of aryl methyl sites for hydroxylation is 1. The zero-order valence-corrected chi connectivity index (χ0v) is 10.1. The lowest BCUT2D eigenvalue weighted by Gasteiger charge is -2.00. The van der Waals surface area contributed by atoms with Gasteiger partial charge in [0.2, 0.25) is 5.91 Å². The molecule has 0 saturated heterocycles. The summed E-state index contributed by atoms with van der Waals surface area (Å²) in [5.41, 5.74) is 6.47. The van der Waals surface area contributed by atoms with Crippen molar-refractivity contribution in [1.82, 2.24) is 10.3 Å². The second-order valence-corrected chi connectivity index (χ2v) is 5.06. The molecule has 0 aliphatic heterocycles. The van der Waals surface area contributed by atoms with Gasteiger partial charge in [-0.05, 0) is 25.8 Å². The average molecular weight is 239 g/mol. The van der Waals surface area contributed by atoms with Crippen LogP contribution in [0.15, 0.2) is 5.38 Å². The molecule has 0 unspecified atom stereocenters. The van der Waals surface area contributed by atoms with Gasteiger partial charge >= 0.3 is 0 Å². The zero-order valence-electron chi connectivity index (χ0n) is 9.24. The zero-order chi connectivity index (χ0) is 11.4. The summed E-state index contributed by atoms with van der Waals surface area (Å²) in [5.74, 6) is 0.149. The highest BCUT2D eigenvalue weighted by Gasteiger charge is 2.22. The summed E-state index contributed by atoms with van der Waals surface area (Å²) >= 11 is 1.63. The molecule has 1 heterocycles. The SMILES string of the molecule is NCCc1nc(CCC(=O)NC2CC2)cs1. The Hall–Kier alpha value is -0.940. The van der Waals surface area contributed by atoms with Gasteiger partial charge in [-0.15, -0.1) is 11.3 Å². The molecule has 1 aromatic rings. The largest absolute Gasteiger partial charge is 0.353 e. The minimum absolute atomic E-state index is 0.149. The van der Waals surface area contributed by atoms with Gasteiger partial charge in [0, 0.05) is 24.3 Å². The lowest BCUT2D eigenvalue weighted by atomic mass is 10.2. The number of nitrogens with two attached hydrogens (primary N) is 1. The molecule has 2 rings (SSSR count). The third kappa shape index (κ3) is 3.57. The highest BCUT2D eigenvalue weighted by molar-refractivity contribution is 7.09. The molecule has 0 spiro atoms. The fourth-order valence-corrected chi connectivity index (χ4v) is 2.32. The van der Waals surface area contributed by atoms with Crippen LogP contribution in [0.1, 0.15) is 30.0 Å². The molecule has 0 atom stereocenters. The number of carbonyl (C=O) groups excluding carboxylic acids is 1. The minimum atomic E-state index is 0.149. The molecule has 1 fully saturated rings. The molecular weight excluding hydrogens is 222 g/mol. The Balaban J connectivity index is 1.72. The molecule has 1 aromatic heterocycles. The van der Waals surface area contributed by atoms with Crippen molar-refractivity contribution in [1.29, 1.82) is 0 Å². The van der Waals surface area contributed by atoms with Gasteiger partial charge in [-0.3, -0.25) is 4.79 Å². The van der Waals surface area contributed by atoms with Crippen LogP contribution >= 0.6 is 11.3 Å². The standard InChI is InChI=1S/C11H17N3OS/c12-6-5-11-14-9(7-16-11)3-4-10(15)13-8-1-2-8/h7-8H,1-6,12H2,(H,13,15). The van der Waals surface area contributed by atoms with E-state index in [4.69, 9.17) is 5.73 Å². The Kier molecular flexibility index (Phi) is 3.90. The molecule has 0 radical (unpaired) electrons. The molecule has 88 valence electrons. The van der Waals surface area contributed by atoms with Crippen molar-refractivity contribution in [2.75, 3.05) is 6.54 Å². The van der Waals surface area contributed by atoms with Crippen molar-refractivity contribution in [3.63, 3.8) is 0 Å². The van der Waals surface area contributed by atoms with Crippen molar-refractivity contribution in [2.45, 2.75) is 38.1 Å². The number of aromatic nitrogens is 1. The maximum absolute atomic E-state index is 11.4. The lowest BCUT2D eigenvalue weighted by molar-refractivity contribution is -0.121. The Labute approximate surface area is 99.3 Å². The molecule has 1 saturated carbocycles. The number of hydrogen-bond acceptors (Lipinski definition) is 4. The van der Waals surface area contributed by atoms with E-state index in [1.165, 1.54) is 0 Å². The van der Waals surface area contributed by atoms with Gasteiger partial charge in [0.05, 0.1) is 10.7 Å². The van der Waals surface area contributed by atoms with Gasteiger partial charge < -0.3 is 11.1 Å². The van der Waals surface area contributed by atoms with Gasteiger partial charge in [-0.2, -0.15) is 0 Å². The third-order valence-electron chi connectivity index (χ3n) is 2.51. The summed E-state index contributed by atoms with van der Waals surface area (Å²) in [5, 5.41) is 6.07. The first kappa shape index (κ1) is 11.5. The predicted octanol–water partition coefficient (Wildman–Crippen LogP) is 0.855. The van der Waals surface area contributed by atoms with Gasteiger partial charge in [0.1, 0.15) is 0 Å². The maximum atomic E-state index is 11.4. The first-order valence-electron chi connectivity index (χ1n) is 5.70. The molecule has 1 aliphatic rings. The van der Waals surface area contributed by atoms with E-state index in [2.05, 4.69) is 10.3 Å². The summed E-state index contributed by atoms with van der Waals surface area (Å²) in [6, 6.07) is 0.454. The van der Waals surface area contributed by atoms with E-state index in [1.54, 1.807) is 11.3 Å². The summed E-state index contributed by atoms with van der Waals surface area (Å²) in [6.07, 6.45) is 4.40. The van der Waals surface area contributed by atoms with Crippen molar-refractivity contribution < 1.29 is 4.79 Å². The monoisotopic (exact) mass is 239 g/mol. The Morgan fingerprint density at radius 2 is 2.38 bits per heavy atom. The molecule has 0 bridgehead atoms. The van der Waals surface area contributed by atoms with Crippen LogP contribution in [0.4, 0.5) is 0 Å². The first-order valence-corrected chi connectivity index (χ1v) is 6.58. The van der Waals surface area contributed by atoms with E-state index in [9.17, 15) is 4.79 Å². The van der Waals surface area contributed by atoms with Gasteiger partial charge in [0.15, 0.2) is 0 Å². The molecule has 5 heteroatoms. The Morgan fingerprint density at radius 1 is 1.56 bits per heavy atom. The van der Waals surface area contributed by atoms with E-state index in [0.29, 0.717) is 19.0 Å². The van der Waals surface area contributed by atoms with Crippen LogP contribution in [-0.4, -0.2) is 23.5 Å². The van der Waals surface area contributed by atoms with Gasteiger partial charge in [0.25, 0.3) is 0 Å². The van der Waals surface area contributed by atoms with E-state index < -0.39 is 0 Å². The van der Waals surface area contributed by atoms with Crippen molar-refractivity contribution >= 4 is 17.2 Å². The molecule has 1 aliphatic carbocycles. The maximum Gasteiger partial charge on any atom is 0.220 e. The summed E-state index contributed by atoms with van der Waals surface area (Å²) in [6.45, 7) is 0.634. The normalized spacial score (nSPS) is 15.1. The fraction of sp³-hybridized carbons (Fsp3) is 0.636. The number of hydrogen-bond donors (Lipinski definition) is 2. The first-order chi connectivity index (χ1) is 7.78. The average Bonchev–Trinajstić information content (AvgIpc) is 2.95. The van der Waals surface area contributed by atoms with Crippen LogP contribution in [0, 0.1) is 0 Å². The van der Waals surface area contributed by atoms with Crippen molar-refractivity contribution in [2.24, 2.45) is 5.73 Å². The number of thiazole rings is 1. The summed E-state index contributed by atoms with van der Waals surface area (Å²) in [7, 11) is 0. The summed E-state index contributed by atoms with van der Waals surface area (Å²) in [4.78, 5) is 15.9. The molecule has 3 N–H and O–H groups in total. The Morgan fingerprint density at radius 3 is 3.06 bits per heavy atom. The number of nitrogens with one attached hydrogen (secondary N) is 1. The smallest absolute Gasteiger partial charge is 0.220 e. The molecular formula is C11H17N3OS.